The van der Waals surface area contributed by atoms with Gasteiger partial charge in [-0.05, 0) is 19.4 Å². The van der Waals surface area contributed by atoms with Crippen molar-refractivity contribution >= 4 is 40.4 Å². The number of hydrogen-bond acceptors (Lipinski definition) is 3. The summed E-state index contributed by atoms with van der Waals surface area (Å²) in [7, 11) is 2.00. The van der Waals surface area contributed by atoms with E-state index in [0.717, 1.165) is 28.1 Å². The largest absolute Gasteiger partial charge is 0.387 e. The summed E-state index contributed by atoms with van der Waals surface area (Å²) in [6, 6.07) is 3.75. The first-order valence-corrected chi connectivity index (χ1v) is 8.43. The molecule has 1 amide bonds. The summed E-state index contributed by atoms with van der Waals surface area (Å²) >= 11 is 12.7. The monoisotopic (exact) mass is 356 g/mol. The van der Waals surface area contributed by atoms with Gasteiger partial charge in [0, 0.05) is 36.3 Å². The van der Waals surface area contributed by atoms with Crippen LogP contribution in [0.25, 0.3) is 11.3 Å². The van der Waals surface area contributed by atoms with Crippen LogP contribution in [0.15, 0.2) is 12.1 Å². The van der Waals surface area contributed by atoms with Crippen molar-refractivity contribution in [1.29, 1.82) is 0 Å². The van der Waals surface area contributed by atoms with Crippen LogP contribution in [0.4, 0.5) is 0 Å². The number of benzene rings is 1. The summed E-state index contributed by atoms with van der Waals surface area (Å²) < 4.78 is 0. The summed E-state index contributed by atoms with van der Waals surface area (Å²) in [6.45, 7) is 5.43. The zero-order valence-electron chi connectivity index (χ0n) is 13.7. The van der Waals surface area contributed by atoms with Crippen LogP contribution in [0.5, 0.6) is 0 Å². The molecule has 0 radical (unpaired) electrons. The van der Waals surface area contributed by atoms with Gasteiger partial charge in [0.1, 0.15) is 6.61 Å². The van der Waals surface area contributed by atoms with Gasteiger partial charge < -0.3 is 14.9 Å². The van der Waals surface area contributed by atoms with Gasteiger partial charge in [0.05, 0.1) is 16.6 Å². The average molecular weight is 357 g/mol. The Morgan fingerprint density at radius 1 is 1.30 bits per heavy atom. The summed E-state index contributed by atoms with van der Waals surface area (Å²) in [5.41, 5.74) is 2.17. The van der Waals surface area contributed by atoms with E-state index in [-0.39, 0.29) is 5.91 Å². The summed E-state index contributed by atoms with van der Waals surface area (Å²) in [5.74, 6) is -0.256. The Balaban J connectivity index is 2.73. The average Bonchev–Trinajstić information content (AvgIpc) is 2.56. The summed E-state index contributed by atoms with van der Waals surface area (Å²) in [5, 5.41) is 12.1. The lowest BCUT2D eigenvalue weighted by atomic mass is 10.1. The van der Waals surface area contributed by atoms with Crippen LogP contribution in [-0.2, 0) is 4.79 Å². The van der Waals surface area contributed by atoms with Crippen LogP contribution < -0.4 is 10.4 Å². The van der Waals surface area contributed by atoms with Gasteiger partial charge in [0.25, 0.3) is 0 Å². The molecule has 1 aromatic carbocycles. The van der Waals surface area contributed by atoms with Crippen molar-refractivity contribution in [2.75, 3.05) is 33.3 Å². The standard InChI is InChI=1S/C17H22Cl2N2O2/c1-4-11(2)16-12(5-6-13(18)17(16)19)14-9-21(15(23)10-22)8-7-20(14)3/h5-6,22H,4,7-10H2,1-3H3/b14-12-,16-11-. The smallest absolute Gasteiger partial charge is 0.248 e. The van der Waals surface area contributed by atoms with E-state index in [1.165, 1.54) is 0 Å². The second-order valence-electron chi connectivity index (χ2n) is 5.76. The number of halogens is 2. The lowest BCUT2D eigenvalue weighted by Gasteiger charge is -2.36. The minimum absolute atomic E-state index is 0.256. The first kappa shape index (κ1) is 18.1. The van der Waals surface area contributed by atoms with Crippen molar-refractivity contribution in [3.63, 3.8) is 0 Å². The first-order valence-electron chi connectivity index (χ1n) is 7.67. The molecule has 126 valence electrons. The summed E-state index contributed by atoms with van der Waals surface area (Å²) in [6.07, 6.45) is 0.864. The van der Waals surface area contributed by atoms with Gasteiger partial charge in [0.15, 0.2) is 0 Å². The number of nitrogens with zero attached hydrogens (tertiary/aromatic N) is 2. The molecule has 1 aliphatic rings. The molecule has 1 aliphatic heterocycles. The van der Waals surface area contributed by atoms with E-state index in [0.29, 0.717) is 29.7 Å². The second-order valence-corrected chi connectivity index (χ2v) is 6.54. The summed E-state index contributed by atoms with van der Waals surface area (Å²) in [4.78, 5) is 15.6. The van der Waals surface area contributed by atoms with E-state index >= 15 is 0 Å². The highest BCUT2D eigenvalue weighted by atomic mass is 35.5. The van der Waals surface area contributed by atoms with Crippen molar-refractivity contribution in [1.82, 2.24) is 9.80 Å². The highest BCUT2D eigenvalue weighted by Crippen LogP contribution is 2.18. The Morgan fingerprint density at radius 3 is 2.61 bits per heavy atom. The van der Waals surface area contributed by atoms with Gasteiger partial charge in [-0.25, -0.2) is 0 Å². The van der Waals surface area contributed by atoms with Crippen LogP contribution in [0, 0.1) is 0 Å². The van der Waals surface area contributed by atoms with Crippen LogP contribution in [0.1, 0.15) is 20.3 Å². The maximum atomic E-state index is 11.8. The van der Waals surface area contributed by atoms with Gasteiger partial charge in [-0.3, -0.25) is 4.79 Å². The second kappa shape index (κ2) is 7.56. The number of carbonyl (C=O) groups is 1. The Bertz CT molecular complexity index is 731. The van der Waals surface area contributed by atoms with E-state index in [2.05, 4.69) is 11.8 Å². The van der Waals surface area contributed by atoms with Crippen LogP contribution in [0.2, 0.25) is 10.0 Å². The Hall–Kier alpha value is -1.23. The SMILES string of the molecule is CC/C(C)=c1\c(Cl)c(Cl)cc\c1=C1/CN(C(=O)CO)CCN1C. The zero-order chi connectivity index (χ0) is 17.1. The minimum Gasteiger partial charge on any atom is -0.387 e. The van der Waals surface area contributed by atoms with Crippen LogP contribution in [0.3, 0.4) is 0 Å². The fourth-order valence-corrected chi connectivity index (χ4v) is 3.26. The molecule has 0 spiro atoms. The zero-order valence-corrected chi connectivity index (χ0v) is 15.2. The normalized spacial score (nSPS) is 19.0. The molecule has 1 aromatic rings. The molecule has 23 heavy (non-hydrogen) atoms. The van der Waals surface area contributed by atoms with E-state index < -0.39 is 6.61 Å². The molecular weight excluding hydrogens is 335 g/mol. The molecule has 6 heteroatoms. The molecule has 1 N–H and O–H groups in total. The number of rotatable bonds is 2. The molecule has 0 atom stereocenters. The van der Waals surface area contributed by atoms with Crippen molar-refractivity contribution in [2.45, 2.75) is 20.3 Å². The van der Waals surface area contributed by atoms with Crippen LogP contribution in [-0.4, -0.2) is 54.1 Å². The molecule has 1 fully saturated rings. The number of likely N-dealkylation sites (N-methyl/N-ethyl adjacent to an activating group) is 1. The molecule has 0 bridgehead atoms. The quantitative estimate of drug-likeness (QED) is 0.872. The molecular formula is C17H22Cl2N2O2. The number of carbonyl (C=O) groups excluding carboxylic acids is 1. The molecule has 0 unspecified atom stereocenters. The first-order chi connectivity index (χ1) is 10.9. The maximum Gasteiger partial charge on any atom is 0.248 e. The number of piperazine rings is 1. The fraction of sp³-hybridized carbons (Fsp3) is 0.471. The highest BCUT2D eigenvalue weighted by molar-refractivity contribution is 6.42. The van der Waals surface area contributed by atoms with Crippen molar-refractivity contribution < 1.29 is 9.90 Å². The molecule has 2 rings (SSSR count). The Morgan fingerprint density at radius 2 is 2.00 bits per heavy atom. The molecule has 0 saturated carbocycles. The molecule has 1 heterocycles. The number of amides is 1. The molecule has 0 aromatic heterocycles. The molecule has 4 nitrogen and oxygen atoms in total. The third-order valence-electron chi connectivity index (χ3n) is 4.36. The van der Waals surface area contributed by atoms with Gasteiger partial charge in [-0.15, -0.1) is 0 Å². The predicted octanol–water partition coefficient (Wildman–Crippen LogP) is 1.45. The Kier molecular flexibility index (Phi) is 5.95. The van der Waals surface area contributed by atoms with Gasteiger partial charge in [-0.1, -0.05) is 41.8 Å². The van der Waals surface area contributed by atoms with E-state index in [1.807, 2.05) is 20.0 Å². The molecule has 1 saturated heterocycles. The fourth-order valence-electron chi connectivity index (χ4n) is 2.78. The number of hydrogen-bond donors (Lipinski definition) is 1. The molecule has 0 aliphatic carbocycles. The highest BCUT2D eigenvalue weighted by Gasteiger charge is 2.23. The van der Waals surface area contributed by atoms with Gasteiger partial charge in [-0.2, -0.15) is 0 Å². The van der Waals surface area contributed by atoms with Crippen LogP contribution >= 0.6 is 23.2 Å². The number of aliphatic hydroxyl groups is 1. The minimum atomic E-state index is -0.467. The Labute approximate surface area is 146 Å². The topological polar surface area (TPSA) is 43.8 Å². The third kappa shape index (κ3) is 3.65. The third-order valence-corrected chi connectivity index (χ3v) is 5.16. The van der Waals surface area contributed by atoms with Crippen molar-refractivity contribution in [3.05, 3.63) is 32.6 Å². The lowest BCUT2D eigenvalue weighted by Crippen LogP contribution is -2.49. The van der Waals surface area contributed by atoms with E-state index in [4.69, 9.17) is 28.3 Å². The lowest BCUT2D eigenvalue weighted by molar-refractivity contribution is -0.134. The predicted molar refractivity (Wildman–Crippen MR) is 94.8 cm³/mol. The van der Waals surface area contributed by atoms with Gasteiger partial charge in [0.2, 0.25) is 5.91 Å². The van der Waals surface area contributed by atoms with Gasteiger partial charge >= 0.3 is 0 Å². The van der Waals surface area contributed by atoms with Crippen molar-refractivity contribution in [3.8, 4) is 0 Å². The maximum absolute atomic E-state index is 11.8. The van der Waals surface area contributed by atoms with Crippen molar-refractivity contribution in [2.24, 2.45) is 0 Å². The van der Waals surface area contributed by atoms with E-state index in [9.17, 15) is 4.79 Å². The van der Waals surface area contributed by atoms with E-state index in [1.54, 1.807) is 11.0 Å². The number of aliphatic hydroxyl groups excluding tert-OH is 1.